The maximum Gasteiger partial charge on any atom is 0.174 e. The average Bonchev–Trinajstić information content (AvgIpc) is 3.43. The molecule has 6 nitrogen and oxygen atoms in total. The number of nitrogens with one attached hydrogen (secondary N) is 1. The lowest BCUT2D eigenvalue weighted by atomic mass is 9.91. The zero-order chi connectivity index (χ0) is 28.8. The van der Waals surface area contributed by atoms with Crippen molar-refractivity contribution in [1.29, 1.82) is 0 Å². The number of halogens is 1. The molecule has 4 unspecified atom stereocenters. The predicted molar refractivity (Wildman–Crippen MR) is 172 cm³/mol. The average molecular weight is 585 g/mol. The summed E-state index contributed by atoms with van der Waals surface area (Å²) in [5.41, 5.74) is 7.56. The maximum atomic E-state index is 7.03. The fourth-order valence-corrected chi connectivity index (χ4v) is 7.48. The molecule has 4 aromatic rings. The van der Waals surface area contributed by atoms with Crippen LogP contribution in [-0.4, -0.2) is 32.7 Å². The summed E-state index contributed by atoms with van der Waals surface area (Å²) < 4.78 is 2.24. The molecule has 1 aromatic carbocycles. The molecule has 5 heterocycles. The fraction of sp³-hybridized carbons (Fsp3) is 0.364. The van der Waals surface area contributed by atoms with Crippen molar-refractivity contribution < 1.29 is 0 Å². The number of benzene rings is 1. The fourth-order valence-electron chi connectivity index (χ4n) is 6.84. The Bertz CT molecular complexity index is 1570. The topological polar surface area (TPSA) is 49.2 Å². The molecule has 0 bridgehead atoms. The monoisotopic (exact) mass is 584 g/mol. The zero-order valence-electron chi connectivity index (χ0n) is 24.3. The summed E-state index contributed by atoms with van der Waals surface area (Å²) >= 11 is 13.1. The molecule has 1 N–H and O–H groups in total. The normalized spacial score (nSPS) is 22.7. The van der Waals surface area contributed by atoms with Crippen LogP contribution in [0.5, 0.6) is 0 Å². The molecule has 0 saturated carbocycles. The molecular weight excluding hydrogens is 548 g/mol. The highest BCUT2D eigenvalue weighted by atomic mass is 35.5. The first-order valence-corrected chi connectivity index (χ1v) is 15.2. The lowest BCUT2D eigenvalue weighted by Crippen LogP contribution is -2.38. The van der Waals surface area contributed by atoms with E-state index in [1.165, 1.54) is 12.0 Å². The summed E-state index contributed by atoms with van der Waals surface area (Å²) in [6.07, 6.45) is 4.95. The summed E-state index contributed by atoms with van der Waals surface area (Å²) in [5, 5.41) is 5.01. The van der Waals surface area contributed by atoms with Crippen LogP contribution in [0.3, 0.4) is 0 Å². The van der Waals surface area contributed by atoms with Gasteiger partial charge in [0.15, 0.2) is 5.11 Å². The lowest BCUT2D eigenvalue weighted by molar-refractivity contribution is 0.357. The molecule has 6 rings (SSSR count). The number of anilines is 2. The first kappa shape index (κ1) is 27.7. The van der Waals surface area contributed by atoms with E-state index in [1.54, 1.807) is 0 Å². The smallest absolute Gasteiger partial charge is 0.174 e. The van der Waals surface area contributed by atoms with Gasteiger partial charge in [0.2, 0.25) is 0 Å². The third kappa shape index (κ3) is 5.10. The first-order chi connectivity index (χ1) is 19.7. The van der Waals surface area contributed by atoms with E-state index in [0.717, 1.165) is 58.0 Å². The van der Waals surface area contributed by atoms with Gasteiger partial charge in [0, 0.05) is 42.6 Å². The van der Waals surface area contributed by atoms with Gasteiger partial charge in [-0.05, 0) is 105 Å². The molecular formula is C33H37ClN6S. The van der Waals surface area contributed by atoms with Crippen LogP contribution in [0.25, 0.3) is 5.82 Å². The summed E-state index contributed by atoms with van der Waals surface area (Å²) in [7, 11) is 0. The summed E-state index contributed by atoms with van der Waals surface area (Å²) in [4.78, 5) is 14.1. The molecule has 2 aliphatic heterocycles. The lowest BCUT2D eigenvalue weighted by Gasteiger charge is -2.37. The van der Waals surface area contributed by atoms with E-state index in [4.69, 9.17) is 33.8 Å². The highest BCUT2D eigenvalue weighted by Crippen LogP contribution is 2.45. The van der Waals surface area contributed by atoms with Gasteiger partial charge in [-0.25, -0.2) is 4.98 Å². The summed E-state index contributed by atoms with van der Waals surface area (Å²) in [5.74, 6) is 2.23. The third-order valence-corrected chi connectivity index (χ3v) is 9.12. The summed E-state index contributed by atoms with van der Waals surface area (Å²) in [6, 6.07) is 18.5. The number of aryl methyl sites for hydroxylation is 2. The standard InChI is InChI=1S/C33H37ClN6S/c1-20-15-21(2)19-38(18-20)29-12-11-25(17-27(29)34)40-31(30(37-33(40)41)28-10-6-7-13-35-28)26-16-23(4)39(24(26)5)32-22(3)9-8-14-36-32/h6-14,16-17,20-21,30-31H,15,18-19H2,1-5H3,(H,37,41). The van der Waals surface area contributed by atoms with Crippen molar-refractivity contribution in [2.45, 2.75) is 53.1 Å². The van der Waals surface area contributed by atoms with Gasteiger partial charge < -0.3 is 19.7 Å². The van der Waals surface area contributed by atoms with E-state index < -0.39 is 0 Å². The quantitative estimate of drug-likeness (QED) is 0.245. The van der Waals surface area contributed by atoms with Gasteiger partial charge in [0.05, 0.1) is 28.5 Å². The maximum absolute atomic E-state index is 7.03. The Morgan fingerprint density at radius 1 is 0.927 bits per heavy atom. The van der Waals surface area contributed by atoms with Gasteiger partial charge in [0.25, 0.3) is 0 Å². The highest BCUT2D eigenvalue weighted by Gasteiger charge is 2.42. The van der Waals surface area contributed by atoms with Crippen LogP contribution in [0.2, 0.25) is 5.02 Å². The third-order valence-electron chi connectivity index (χ3n) is 8.50. The van der Waals surface area contributed by atoms with Crippen LogP contribution in [0.1, 0.15) is 60.6 Å². The van der Waals surface area contributed by atoms with E-state index in [2.05, 4.69) is 90.7 Å². The highest BCUT2D eigenvalue weighted by molar-refractivity contribution is 7.80. The van der Waals surface area contributed by atoms with Crippen LogP contribution in [0.4, 0.5) is 11.4 Å². The SMILES string of the molecule is Cc1cccnc1-n1c(C)cc(C2C(c3ccccn3)NC(=S)N2c2ccc(N3CC(C)CC(C)C3)c(Cl)c2)c1C. The largest absolute Gasteiger partial charge is 0.370 e. The molecule has 2 fully saturated rings. The van der Waals surface area contributed by atoms with Crippen LogP contribution in [0.15, 0.2) is 67.0 Å². The van der Waals surface area contributed by atoms with Crippen LogP contribution >= 0.6 is 23.8 Å². The number of nitrogens with zero attached hydrogens (tertiary/aromatic N) is 5. The number of rotatable bonds is 5. The van der Waals surface area contributed by atoms with Crippen molar-refractivity contribution in [2.24, 2.45) is 11.8 Å². The van der Waals surface area contributed by atoms with Crippen molar-refractivity contribution in [1.82, 2.24) is 19.9 Å². The van der Waals surface area contributed by atoms with E-state index in [0.29, 0.717) is 16.9 Å². The Balaban J connectivity index is 1.45. The van der Waals surface area contributed by atoms with Crippen LogP contribution in [-0.2, 0) is 0 Å². The van der Waals surface area contributed by atoms with Crippen molar-refractivity contribution in [2.75, 3.05) is 22.9 Å². The van der Waals surface area contributed by atoms with E-state index in [-0.39, 0.29) is 12.1 Å². The minimum Gasteiger partial charge on any atom is -0.370 e. The Kier molecular flexibility index (Phi) is 7.51. The van der Waals surface area contributed by atoms with Gasteiger partial charge >= 0.3 is 0 Å². The molecule has 41 heavy (non-hydrogen) atoms. The number of piperidine rings is 1. The Labute approximate surface area is 253 Å². The summed E-state index contributed by atoms with van der Waals surface area (Å²) in [6.45, 7) is 13.1. The van der Waals surface area contributed by atoms with Gasteiger partial charge in [-0.15, -0.1) is 0 Å². The van der Waals surface area contributed by atoms with Crippen molar-refractivity contribution >= 4 is 40.3 Å². The Hall–Kier alpha value is -3.42. The number of hydrogen-bond donors (Lipinski definition) is 1. The van der Waals surface area contributed by atoms with Gasteiger partial charge in [-0.1, -0.05) is 37.6 Å². The predicted octanol–water partition coefficient (Wildman–Crippen LogP) is 7.51. The van der Waals surface area contributed by atoms with E-state index in [1.807, 2.05) is 30.6 Å². The number of thiocarbonyl (C=S) groups is 1. The molecule has 2 saturated heterocycles. The molecule has 4 atom stereocenters. The minimum absolute atomic E-state index is 0.127. The van der Waals surface area contributed by atoms with Gasteiger partial charge in [-0.3, -0.25) is 4.98 Å². The minimum atomic E-state index is -0.135. The van der Waals surface area contributed by atoms with Crippen LogP contribution < -0.4 is 15.1 Å². The molecule has 0 aliphatic carbocycles. The Morgan fingerprint density at radius 3 is 2.37 bits per heavy atom. The van der Waals surface area contributed by atoms with Gasteiger partial charge in [0.1, 0.15) is 5.82 Å². The molecule has 2 aliphatic rings. The molecule has 0 spiro atoms. The molecule has 0 amide bonds. The second kappa shape index (κ2) is 11.1. The molecule has 8 heteroatoms. The van der Waals surface area contributed by atoms with Crippen molar-refractivity contribution in [3.8, 4) is 5.82 Å². The zero-order valence-corrected chi connectivity index (χ0v) is 25.9. The Morgan fingerprint density at radius 2 is 1.68 bits per heavy atom. The second-order valence-corrected chi connectivity index (χ2v) is 12.6. The number of pyridine rings is 2. The molecule has 212 valence electrons. The molecule has 0 radical (unpaired) electrons. The van der Waals surface area contributed by atoms with Crippen molar-refractivity contribution in [3.63, 3.8) is 0 Å². The van der Waals surface area contributed by atoms with Gasteiger partial charge in [-0.2, -0.15) is 0 Å². The van der Waals surface area contributed by atoms with E-state index in [9.17, 15) is 0 Å². The first-order valence-electron chi connectivity index (χ1n) is 14.4. The number of aromatic nitrogens is 3. The number of hydrogen-bond acceptors (Lipinski definition) is 4. The second-order valence-electron chi connectivity index (χ2n) is 11.8. The van der Waals surface area contributed by atoms with Crippen molar-refractivity contribution in [3.05, 3.63) is 100 Å². The van der Waals surface area contributed by atoms with E-state index >= 15 is 0 Å². The molecule has 3 aromatic heterocycles. The van der Waals surface area contributed by atoms with Crippen LogP contribution in [0, 0.1) is 32.6 Å².